The number of carbonyl (C=O) groups is 1. The average Bonchev–Trinajstić information content (AvgIpc) is 1.21. The first-order chi connectivity index (χ1) is 3.42. The van der Waals surface area contributed by atoms with Gasteiger partial charge in [-0.25, -0.2) is 4.57 Å². The van der Waals surface area contributed by atoms with Crippen LogP contribution in [0.5, 0.6) is 0 Å². The third-order valence-corrected chi connectivity index (χ3v) is 0.742. The molecule has 0 heterocycles. The van der Waals surface area contributed by atoms with Crippen LogP contribution in [0.2, 0.25) is 0 Å². The number of rotatable bonds is 1. The Morgan fingerprint density at radius 1 is 1.50 bits per heavy atom. The summed E-state index contributed by atoms with van der Waals surface area (Å²) in [5, 5.41) is 0. The van der Waals surface area contributed by atoms with Crippen molar-refractivity contribution in [1.29, 1.82) is 0 Å². The molecule has 0 spiro atoms. The van der Waals surface area contributed by atoms with Crippen molar-refractivity contribution in [1.82, 2.24) is 0 Å². The van der Waals surface area contributed by atoms with Gasteiger partial charge in [0.25, 0.3) is 0 Å². The first kappa shape index (κ1) is 18.1. The van der Waals surface area contributed by atoms with Gasteiger partial charge in [0.05, 0.1) is 0 Å². The average molecular weight is 204 g/mol. The van der Waals surface area contributed by atoms with E-state index in [1.807, 2.05) is 0 Å². The van der Waals surface area contributed by atoms with Crippen LogP contribution in [0.4, 0.5) is 0 Å². The van der Waals surface area contributed by atoms with Crippen LogP contribution >= 0.6 is 7.82 Å². The number of carbonyl (C=O) groups excluding carboxylic acids is 1. The SMILES string of the molecule is CC(=O)OP(=O)(O)O.[KH].[NaH]. The zero-order valence-corrected chi connectivity index (χ0v) is 4.96. The quantitative estimate of drug-likeness (QED) is 0.394. The van der Waals surface area contributed by atoms with Gasteiger partial charge in [0.2, 0.25) is 0 Å². The third-order valence-electron chi connectivity index (χ3n) is 0.247. The second-order valence-corrected chi connectivity index (χ2v) is 2.24. The first-order valence-corrected chi connectivity index (χ1v) is 3.20. The van der Waals surface area contributed by atoms with Crippen molar-refractivity contribution in [2.45, 2.75) is 6.92 Å². The Labute approximate surface area is 123 Å². The predicted octanol–water partition coefficient (Wildman–Crippen LogP) is -1.65. The molecule has 0 radical (unpaired) electrons. The molecule has 0 aliphatic heterocycles. The van der Waals surface area contributed by atoms with Gasteiger partial charge in [0.1, 0.15) is 0 Å². The van der Waals surface area contributed by atoms with Crippen LogP contribution in [-0.4, -0.2) is 96.7 Å². The van der Waals surface area contributed by atoms with E-state index >= 15 is 0 Å². The van der Waals surface area contributed by atoms with Gasteiger partial charge in [-0.05, 0) is 0 Å². The second-order valence-electron chi connectivity index (χ2n) is 1.07. The molecule has 8 heteroatoms. The van der Waals surface area contributed by atoms with Gasteiger partial charge in [-0.2, -0.15) is 0 Å². The molecule has 0 saturated carbocycles. The molecule has 0 amide bonds. The first-order valence-electron chi connectivity index (χ1n) is 1.67. The molecule has 0 aromatic carbocycles. The van der Waals surface area contributed by atoms with Crippen LogP contribution in [0.25, 0.3) is 0 Å². The summed E-state index contributed by atoms with van der Waals surface area (Å²) in [4.78, 5) is 25.5. The van der Waals surface area contributed by atoms with E-state index < -0.39 is 13.8 Å². The Morgan fingerprint density at radius 3 is 1.80 bits per heavy atom. The number of phosphoric ester groups is 1. The van der Waals surface area contributed by atoms with Gasteiger partial charge >= 0.3 is 94.7 Å². The summed E-state index contributed by atoms with van der Waals surface area (Å²) in [6.07, 6.45) is 0. The van der Waals surface area contributed by atoms with Gasteiger partial charge in [-0.15, -0.1) is 0 Å². The van der Waals surface area contributed by atoms with Crippen molar-refractivity contribution in [3.63, 3.8) is 0 Å². The van der Waals surface area contributed by atoms with Crippen molar-refractivity contribution in [3.8, 4) is 0 Å². The summed E-state index contributed by atoms with van der Waals surface area (Å²) in [6, 6.07) is 0. The molecule has 0 atom stereocenters. The molecule has 52 valence electrons. The maximum absolute atomic E-state index is 9.74. The monoisotopic (exact) mass is 204 g/mol. The summed E-state index contributed by atoms with van der Waals surface area (Å²) < 4.78 is 13.2. The summed E-state index contributed by atoms with van der Waals surface area (Å²) in [5.74, 6) is -0.988. The summed E-state index contributed by atoms with van der Waals surface area (Å²) in [6.45, 7) is 0.916. The molecular formula is C2H7KNaO5P. The summed E-state index contributed by atoms with van der Waals surface area (Å²) in [7, 11) is -4.57. The number of hydrogen-bond donors (Lipinski definition) is 2. The zero-order chi connectivity index (χ0) is 6.78. The molecule has 0 aromatic heterocycles. The molecule has 0 bridgehead atoms. The predicted molar refractivity (Wildman–Crippen MR) is 38.1 cm³/mol. The van der Waals surface area contributed by atoms with E-state index in [0.29, 0.717) is 0 Å². The summed E-state index contributed by atoms with van der Waals surface area (Å²) >= 11 is 0. The van der Waals surface area contributed by atoms with Crippen LogP contribution in [-0.2, 0) is 13.9 Å². The van der Waals surface area contributed by atoms with Crippen molar-refractivity contribution in [2.24, 2.45) is 0 Å². The van der Waals surface area contributed by atoms with Crippen molar-refractivity contribution in [2.75, 3.05) is 0 Å². The van der Waals surface area contributed by atoms with Crippen molar-refractivity contribution in [3.05, 3.63) is 0 Å². The minimum atomic E-state index is -4.57. The molecule has 0 aliphatic carbocycles. The molecule has 0 fully saturated rings. The maximum atomic E-state index is 9.74. The molecule has 0 aliphatic rings. The van der Waals surface area contributed by atoms with Crippen LogP contribution in [0, 0.1) is 0 Å². The van der Waals surface area contributed by atoms with Gasteiger partial charge in [0.15, 0.2) is 0 Å². The summed E-state index contributed by atoms with van der Waals surface area (Å²) in [5.41, 5.74) is 0. The van der Waals surface area contributed by atoms with E-state index in [9.17, 15) is 9.36 Å². The van der Waals surface area contributed by atoms with E-state index in [1.165, 1.54) is 0 Å². The van der Waals surface area contributed by atoms with Crippen LogP contribution in [0.3, 0.4) is 0 Å². The standard InChI is InChI=1S/C2H5O5P.K.Na.2H/c1-2(3)7-8(4,5)6;;;;/h1H3,(H2,4,5,6);;;;. The van der Waals surface area contributed by atoms with E-state index in [0.717, 1.165) is 6.92 Å². The fourth-order valence-corrected chi connectivity index (χ4v) is 0.502. The number of hydrogen-bond acceptors (Lipinski definition) is 3. The Balaban J connectivity index is -0.000000245. The Hall–Kier alpha value is 2.26. The number of phosphoric acid groups is 1. The Kier molecular flexibility index (Phi) is 14.3. The minimum absolute atomic E-state index is 0. The second kappa shape index (κ2) is 7.88. The van der Waals surface area contributed by atoms with Gasteiger partial charge in [-0.3, -0.25) is 14.6 Å². The molecular weight excluding hydrogens is 197 g/mol. The molecule has 0 saturated heterocycles. The van der Waals surface area contributed by atoms with Crippen LogP contribution in [0.1, 0.15) is 6.92 Å². The Bertz CT molecular complexity index is 143. The van der Waals surface area contributed by atoms with Crippen molar-refractivity contribution >= 4 is 94.7 Å². The normalized spacial score (nSPS) is 8.70. The molecule has 5 nitrogen and oxygen atoms in total. The Morgan fingerprint density at radius 2 is 1.80 bits per heavy atom. The molecule has 0 rings (SSSR count). The van der Waals surface area contributed by atoms with Crippen LogP contribution in [0.15, 0.2) is 0 Å². The molecule has 2 N–H and O–H groups in total. The molecule has 0 aromatic rings. The van der Waals surface area contributed by atoms with Gasteiger partial charge < -0.3 is 4.52 Å². The van der Waals surface area contributed by atoms with E-state index in [1.54, 1.807) is 0 Å². The fraction of sp³-hybridized carbons (Fsp3) is 0.500. The zero-order valence-electron chi connectivity index (χ0n) is 4.07. The van der Waals surface area contributed by atoms with Crippen LogP contribution < -0.4 is 0 Å². The van der Waals surface area contributed by atoms with E-state index in [2.05, 4.69) is 4.52 Å². The fourth-order valence-electron chi connectivity index (χ4n) is 0.167. The van der Waals surface area contributed by atoms with E-state index in [-0.39, 0.29) is 80.9 Å². The topological polar surface area (TPSA) is 83.8 Å². The van der Waals surface area contributed by atoms with Gasteiger partial charge in [-0.1, -0.05) is 0 Å². The van der Waals surface area contributed by atoms with E-state index in [4.69, 9.17) is 9.79 Å². The third kappa shape index (κ3) is 16.7. The molecule has 10 heavy (non-hydrogen) atoms. The molecule has 0 unspecified atom stereocenters. The van der Waals surface area contributed by atoms with Gasteiger partial charge in [0, 0.05) is 6.92 Å². The van der Waals surface area contributed by atoms with Crippen molar-refractivity contribution < 1.29 is 23.7 Å².